The number of aryl methyl sites for hydroxylation is 2. The lowest BCUT2D eigenvalue weighted by atomic mass is 10.0. The summed E-state index contributed by atoms with van der Waals surface area (Å²) in [6.07, 6.45) is 5.23. The molecule has 3 rings (SSSR count). The zero-order valence-corrected chi connectivity index (χ0v) is 21.7. The molecule has 186 valence electrons. The lowest BCUT2D eigenvalue weighted by molar-refractivity contribution is 0.0526. The molecule has 0 saturated heterocycles. The third kappa shape index (κ3) is 8.80. The van der Waals surface area contributed by atoms with Crippen molar-refractivity contribution in [2.45, 2.75) is 66.2 Å². The first-order valence-corrected chi connectivity index (χ1v) is 12.3. The highest BCUT2D eigenvalue weighted by molar-refractivity contribution is 5.67. The van der Waals surface area contributed by atoms with E-state index in [9.17, 15) is 4.79 Å². The summed E-state index contributed by atoms with van der Waals surface area (Å²) >= 11 is 0. The zero-order chi connectivity index (χ0) is 25.3. The molecule has 2 heterocycles. The molecule has 0 aliphatic carbocycles. The van der Waals surface area contributed by atoms with E-state index in [0.717, 1.165) is 49.4 Å². The maximum absolute atomic E-state index is 11.9. The van der Waals surface area contributed by atoms with Crippen molar-refractivity contribution >= 4 is 6.09 Å². The number of nitrogens with one attached hydrogen (secondary N) is 1. The Labute approximate surface area is 209 Å². The second-order valence-corrected chi connectivity index (χ2v) is 9.99. The minimum atomic E-state index is -0.487. The molecule has 0 saturated carbocycles. The molecular formula is C29H38N4O2. The lowest BCUT2D eigenvalue weighted by Gasteiger charge is -2.24. The van der Waals surface area contributed by atoms with Gasteiger partial charge in [-0.05, 0) is 76.8 Å². The number of pyridine rings is 2. The fraction of sp³-hybridized carbons (Fsp3) is 0.414. The number of aromatic nitrogens is 2. The molecule has 6 heteroatoms. The summed E-state index contributed by atoms with van der Waals surface area (Å²) in [6.45, 7) is 12.7. The van der Waals surface area contributed by atoms with Crippen molar-refractivity contribution < 1.29 is 9.53 Å². The van der Waals surface area contributed by atoms with Crippen molar-refractivity contribution in [1.29, 1.82) is 0 Å². The van der Waals surface area contributed by atoms with Crippen LogP contribution in [0.2, 0.25) is 0 Å². The number of rotatable bonds is 10. The molecule has 0 aliphatic rings. The maximum atomic E-state index is 11.9. The number of amides is 1. The second-order valence-electron chi connectivity index (χ2n) is 9.99. The van der Waals surface area contributed by atoms with E-state index in [-0.39, 0.29) is 6.09 Å². The van der Waals surface area contributed by atoms with Gasteiger partial charge in [0.1, 0.15) is 5.60 Å². The number of benzene rings is 1. The fourth-order valence-corrected chi connectivity index (χ4v) is 3.96. The van der Waals surface area contributed by atoms with Gasteiger partial charge in [0.25, 0.3) is 0 Å². The Balaban J connectivity index is 1.68. The number of ether oxygens (including phenoxy) is 1. The average Bonchev–Trinajstić information content (AvgIpc) is 2.80. The van der Waals surface area contributed by atoms with E-state index in [1.807, 2.05) is 45.3 Å². The van der Waals surface area contributed by atoms with Crippen LogP contribution in [0.4, 0.5) is 4.79 Å². The van der Waals surface area contributed by atoms with Gasteiger partial charge < -0.3 is 10.1 Å². The number of hydrogen-bond acceptors (Lipinski definition) is 5. The van der Waals surface area contributed by atoms with Gasteiger partial charge in [-0.3, -0.25) is 14.9 Å². The Morgan fingerprint density at radius 1 is 0.971 bits per heavy atom. The number of alkyl carbamates (subject to hydrolysis) is 1. The van der Waals surface area contributed by atoms with Gasteiger partial charge in [0, 0.05) is 37.6 Å². The molecule has 2 aromatic heterocycles. The minimum absolute atomic E-state index is 0.366. The van der Waals surface area contributed by atoms with Crippen LogP contribution in [0.5, 0.6) is 0 Å². The Hall–Kier alpha value is -3.25. The van der Waals surface area contributed by atoms with E-state index in [0.29, 0.717) is 6.54 Å². The van der Waals surface area contributed by atoms with E-state index in [2.05, 4.69) is 60.5 Å². The lowest BCUT2D eigenvalue weighted by Crippen LogP contribution is -2.33. The number of carbonyl (C=O) groups is 1. The van der Waals surface area contributed by atoms with E-state index in [1.54, 1.807) is 0 Å². The minimum Gasteiger partial charge on any atom is -0.444 e. The predicted molar refractivity (Wildman–Crippen MR) is 141 cm³/mol. The molecule has 35 heavy (non-hydrogen) atoms. The van der Waals surface area contributed by atoms with Gasteiger partial charge in [-0.15, -0.1) is 0 Å². The third-order valence-electron chi connectivity index (χ3n) is 5.61. The first-order valence-electron chi connectivity index (χ1n) is 12.3. The standard InChI is InChI=1S/C29H38N4O2/c1-22-18-23(2)26(32-19-22)20-33(17-10-9-15-31-28(34)35-29(3,4)5)21-27-25(14-11-16-30-27)24-12-7-6-8-13-24/h6-8,11-14,16,18-19H,9-10,15,17,20-21H2,1-5H3,(H,31,34). The Morgan fingerprint density at radius 2 is 1.71 bits per heavy atom. The number of carbonyl (C=O) groups excluding carboxylic acids is 1. The van der Waals surface area contributed by atoms with Crippen LogP contribution in [0.3, 0.4) is 0 Å². The van der Waals surface area contributed by atoms with E-state index in [4.69, 9.17) is 14.7 Å². The van der Waals surface area contributed by atoms with Crippen LogP contribution in [-0.4, -0.2) is 39.7 Å². The molecule has 1 amide bonds. The Kier molecular flexibility index (Phi) is 9.38. The van der Waals surface area contributed by atoms with E-state index < -0.39 is 5.60 Å². The van der Waals surface area contributed by atoms with Crippen molar-refractivity contribution in [1.82, 2.24) is 20.2 Å². The molecule has 0 aliphatic heterocycles. The normalized spacial score (nSPS) is 11.5. The van der Waals surface area contributed by atoms with Crippen molar-refractivity contribution in [2.75, 3.05) is 13.1 Å². The average molecular weight is 475 g/mol. The molecule has 1 aromatic carbocycles. The summed E-state index contributed by atoms with van der Waals surface area (Å²) in [6, 6.07) is 16.7. The van der Waals surface area contributed by atoms with Gasteiger partial charge in [-0.2, -0.15) is 0 Å². The summed E-state index contributed by atoms with van der Waals surface area (Å²) < 4.78 is 5.32. The molecule has 3 aromatic rings. The van der Waals surface area contributed by atoms with Gasteiger partial charge in [-0.1, -0.05) is 42.5 Å². The molecule has 0 fully saturated rings. The fourth-order valence-electron chi connectivity index (χ4n) is 3.96. The molecule has 0 bridgehead atoms. The summed E-state index contributed by atoms with van der Waals surface area (Å²) in [5.74, 6) is 0. The van der Waals surface area contributed by atoms with Gasteiger partial charge in [-0.25, -0.2) is 4.79 Å². The molecular weight excluding hydrogens is 436 g/mol. The van der Waals surface area contributed by atoms with Crippen LogP contribution in [0.1, 0.15) is 56.1 Å². The van der Waals surface area contributed by atoms with Crippen LogP contribution in [0.15, 0.2) is 60.9 Å². The Bertz CT molecular complexity index is 1090. The topological polar surface area (TPSA) is 67.4 Å². The molecule has 0 atom stereocenters. The van der Waals surface area contributed by atoms with Crippen molar-refractivity contribution in [3.8, 4) is 11.1 Å². The van der Waals surface area contributed by atoms with Crippen LogP contribution in [0.25, 0.3) is 11.1 Å². The summed E-state index contributed by atoms with van der Waals surface area (Å²) in [5, 5.41) is 2.85. The summed E-state index contributed by atoms with van der Waals surface area (Å²) in [7, 11) is 0. The molecule has 6 nitrogen and oxygen atoms in total. The van der Waals surface area contributed by atoms with Crippen LogP contribution in [0, 0.1) is 13.8 Å². The van der Waals surface area contributed by atoms with E-state index >= 15 is 0 Å². The quantitative estimate of drug-likeness (QED) is 0.361. The SMILES string of the molecule is Cc1cnc(CN(CCCCNC(=O)OC(C)(C)C)Cc2ncccc2-c2ccccc2)c(C)c1. The first kappa shape index (κ1) is 26.4. The predicted octanol–water partition coefficient (Wildman–Crippen LogP) is 6.07. The summed E-state index contributed by atoms with van der Waals surface area (Å²) in [4.78, 5) is 23.8. The second kappa shape index (κ2) is 12.5. The molecule has 0 radical (unpaired) electrons. The van der Waals surface area contributed by atoms with Gasteiger partial charge in [0.05, 0.1) is 11.4 Å². The number of hydrogen-bond donors (Lipinski definition) is 1. The van der Waals surface area contributed by atoms with Crippen LogP contribution in [-0.2, 0) is 17.8 Å². The van der Waals surface area contributed by atoms with E-state index in [1.165, 1.54) is 16.7 Å². The number of unbranched alkanes of at least 4 members (excludes halogenated alkanes) is 1. The maximum Gasteiger partial charge on any atom is 0.407 e. The van der Waals surface area contributed by atoms with Gasteiger partial charge >= 0.3 is 6.09 Å². The van der Waals surface area contributed by atoms with Gasteiger partial charge in [0.2, 0.25) is 0 Å². The van der Waals surface area contributed by atoms with Gasteiger partial charge in [0.15, 0.2) is 0 Å². The zero-order valence-electron chi connectivity index (χ0n) is 21.7. The number of nitrogens with zero attached hydrogens (tertiary/aromatic N) is 3. The first-order chi connectivity index (χ1) is 16.7. The summed E-state index contributed by atoms with van der Waals surface area (Å²) in [5.41, 5.74) is 6.34. The van der Waals surface area contributed by atoms with Crippen LogP contribution >= 0.6 is 0 Å². The van der Waals surface area contributed by atoms with Crippen molar-refractivity contribution in [2.24, 2.45) is 0 Å². The molecule has 1 N–H and O–H groups in total. The Morgan fingerprint density at radius 3 is 2.43 bits per heavy atom. The third-order valence-corrected chi connectivity index (χ3v) is 5.61. The van der Waals surface area contributed by atoms with Crippen molar-refractivity contribution in [3.05, 3.63) is 83.4 Å². The largest absolute Gasteiger partial charge is 0.444 e. The van der Waals surface area contributed by atoms with Crippen molar-refractivity contribution in [3.63, 3.8) is 0 Å². The molecule has 0 unspecified atom stereocenters. The van der Waals surface area contributed by atoms with Crippen LogP contribution < -0.4 is 5.32 Å². The highest BCUT2D eigenvalue weighted by Gasteiger charge is 2.16. The molecule has 0 spiro atoms. The monoisotopic (exact) mass is 474 g/mol. The smallest absolute Gasteiger partial charge is 0.407 e. The highest BCUT2D eigenvalue weighted by atomic mass is 16.6. The highest BCUT2D eigenvalue weighted by Crippen LogP contribution is 2.24.